The molecule has 6 nitrogen and oxygen atoms in total. The standard InChI is InChI=1S/C14H9BrFN5O/c15-8-5-6-10(13-18-20-21-19-13)12(7-8)17-14(22)9-3-1-2-4-11(9)16/h1-7H,(H,17,22)(H,18,19,20,21). The summed E-state index contributed by atoms with van der Waals surface area (Å²) < 4.78 is 14.4. The Kier molecular flexibility index (Phi) is 3.92. The van der Waals surface area contributed by atoms with Crippen molar-refractivity contribution in [3.8, 4) is 11.4 Å². The van der Waals surface area contributed by atoms with Gasteiger partial charge in [-0.25, -0.2) is 4.39 Å². The number of nitrogens with one attached hydrogen (secondary N) is 2. The van der Waals surface area contributed by atoms with Gasteiger partial charge in [-0.2, -0.15) is 5.21 Å². The van der Waals surface area contributed by atoms with Crippen LogP contribution in [0, 0.1) is 5.82 Å². The second-order valence-electron chi connectivity index (χ2n) is 4.36. The van der Waals surface area contributed by atoms with Crippen molar-refractivity contribution < 1.29 is 9.18 Å². The van der Waals surface area contributed by atoms with Crippen LogP contribution in [0.3, 0.4) is 0 Å². The Hall–Kier alpha value is -2.61. The van der Waals surface area contributed by atoms with Crippen molar-refractivity contribution in [2.45, 2.75) is 0 Å². The number of hydrogen-bond donors (Lipinski definition) is 2. The zero-order chi connectivity index (χ0) is 15.5. The Morgan fingerprint density at radius 3 is 2.77 bits per heavy atom. The van der Waals surface area contributed by atoms with Crippen molar-refractivity contribution in [1.29, 1.82) is 0 Å². The molecule has 2 N–H and O–H groups in total. The third-order valence-electron chi connectivity index (χ3n) is 2.93. The molecule has 0 bridgehead atoms. The van der Waals surface area contributed by atoms with Gasteiger partial charge in [-0.3, -0.25) is 4.79 Å². The van der Waals surface area contributed by atoms with Gasteiger partial charge in [0, 0.05) is 10.0 Å². The summed E-state index contributed by atoms with van der Waals surface area (Å²) >= 11 is 3.33. The van der Waals surface area contributed by atoms with Crippen molar-refractivity contribution >= 4 is 27.5 Å². The number of aromatic nitrogens is 4. The van der Waals surface area contributed by atoms with Crippen molar-refractivity contribution in [3.63, 3.8) is 0 Å². The molecular formula is C14H9BrFN5O. The lowest BCUT2D eigenvalue weighted by Gasteiger charge is -2.10. The molecule has 0 aliphatic heterocycles. The summed E-state index contributed by atoms with van der Waals surface area (Å²) in [6.07, 6.45) is 0. The Labute approximate surface area is 132 Å². The minimum absolute atomic E-state index is 0.0402. The van der Waals surface area contributed by atoms with E-state index in [4.69, 9.17) is 0 Å². The van der Waals surface area contributed by atoms with Crippen molar-refractivity contribution in [1.82, 2.24) is 20.6 Å². The van der Waals surface area contributed by atoms with E-state index in [1.165, 1.54) is 18.2 Å². The van der Waals surface area contributed by atoms with Crippen molar-refractivity contribution in [3.05, 3.63) is 58.3 Å². The zero-order valence-electron chi connectivity index (χ0n) is 11.0. The average Bonchev–Trinajstić information content (AvgIpc) is 3.02. The van der Waals surface area contributed by atoms with Crippen LogP contribution in [0.1, 0.15) is 10.4 Å². The molecule has 0 aliphatic carbocycles. The monoisotopic (exact) mass is 361 g/mol. The predicted octanol–water partition coefficient (Wildman–Crippen LogP) is 3.02. The number of carbonyl (C=O) groups is 1. The Balaban J connectivity index is 1.97. The summed E-state index contributed by atoms with van der Waals surface area (Å²) in [4.78, 5) is 12.2. The Bertz CT molecular complexity index is 822. The normalized spacial score (nSPS) is 10.5. The number of rotatable bonds is 3. The number of nitrogens with zero attached hydrogens (tertiary/aromatic N) is 3. The largest absolute Gasteiger partial charge is 0.321 e. The van der Waals surface area contributed by atoms with Gasteiger partial charge in [0.25, 0.3) is 5.91 Å². The van der Waals surface area contributed by atoms with E-state index in [0.29, 0.717) is 17.1 Å². The van der Waals surface area contributed by atoms with E-state index in [1.807, 2.05) is 0 Å². The molecule has 0 fully saturated rings. The molecule has 3 aromatic rings. The van der Waals surface area contributed by atoms with Gasteiger partial charge in [0.2, 0.25) is 5.82 Å². The van der Waals surface area contributed by atoms with Gasteiger partial charge in [-0.1, -0.05) is 28.1 Å². The fourth-order valence-corrected chi connectivity index (χ4v) is 2.29. The number of hydrogen-bond acceptors (Lipinski definition) is 4. The quantitative estimate of drug-likeness (QED) is 0.750. The molecule has 110 valence electrons. The number of carbonyl (C=O) groups excluding carboxylic acids is 1. The lowest BCUT2D eigenvalue weighted by Crippen LogP contribution is -2.14. The van der Waals surface area contributed by atoms with Gasteiger partial charge < -0.3 is 5.32 Å². The molecule has 0 spiro atoms. The van der Waals surface area contributed by atoms with Crippen LogP contribution < -0.4 is 5.32 Å². The van der Waals surface area contributed by atoms with Gasteiger partial charge in [0.05, 0.1) is 11.3 Å². The molecule has 3 rings (SSSR count). The summed E-state index contributed by atoms with van der Waals surface area (Å²) in [5, 5.41) is 16.3. The maximum Gasteiger partial charge on any atom is 0.258 e. The second-order valence-corrected chi connectivity index (χ2v) is 5.27. The maximum absolute atomic E-state index is 13.7. The lowest BCUT2D eigenvalue weighted by atomic mass is 10.1. The van der Waals surface area contributed by atoms with Crippen LogP contribution in [-0.4, -0.2) is 26.5 Å². The number of tetrazole rings is 1. The van der Waals surface area contributed by atoms with E-state index in [2.05, 4.69) is 41.9 Å². The first-order valence-electron chi connectivity index (χ1n) is 6.24. The first-order chi connectivity index (χ1) is 10.6. The first-order valence-corrected chi connectivity index (χ1v) is 7.03. The first kappa shape index (κ1) is 14.3. The van der Waals surface area contributed by atoms with E-state index in [1.54, 1.807) is 24.3 Å². The smallest absolute Gasteiger partial charge is 0.258 e. The molecule has 1 aromatic heterocycles. The highest BCUT2D eigenvalue weighted by Crippen LogP contribution is 2.28. The molecule has 0 atom stereocenters. The highest BCUT2D eigenvalue weighted by atomic mass is 79.9. The third-order valence-corrected chi connectivity index (χ3v) is 3.43. The predicted molar refractivity (Wildman–Crippen MR) is 81.7 cm³/mol. The maximum atomic E-state index is 13.7. The molecule has 8 heteroatoms. The lowest BCUT2D eigenvalue weighted by molar-refractivity contribution is 0.102. The van der Waals surface area contributed by atoms with Crippen LogP contribution in [0.2, 0.25) is 0 Å². The molecule has 22 heavy (non-hydrogen) atoms. The fraction of sp³-hybridized carbons (Fsp3) is 0. The number of aromatic amines is 1. The molecule has 0 aliphatic rings. The Morgan fingerprint density at radius 1 is 1.23 bits per heavy atom. The number of H-pyrrole nitrogens is 1. The minimum atomic E-state index is -0.587. The molecule has 0 radical (unpaired) electrons. The topological polar surface area (TPSA) is 83.6 Å². The van der Waals surface area contributed by atoms with Gasteiger partial charge >= 0.3 is 0 Å². The van der Waals surface area contributed by atoms with Crippen LogP contribution >= 0.6 is 15.9 Å². The molecular weight excluding hydrogens is 353 g/mol. The number of amides is 1. The van der Waals surface area contributed by atoms with Gasteiger partial charge in [0.15, 0.2) is 0 Å². The summed E-state index contributed by atoms with van der Waals surface area (Å²) in [6.45, 7) is 0. The van der Waals surface area contributed by atoms with Gasteiger partial charge in [0.1, 0.15) is 5.82 Å². The van der Waals surface area contributed by atoms with E-state index < -0.39 is 11.7 Å². The minimum Gasteiger partial charge on any atom is -0.321 e. The van der Waals surface area contributed by atoms with Crippen LogP contribution in [0.4, 0.5) is 10.1 Å². The molecule has 0 saturated heterocycles. The van der Waals surface area contributed by atoms with Crippen molar-refractivity contribution in [2.24, 2.45) is 0 Å². The average molecular weight is 362 g/mol. The second kappa shape index (κ2) is 6.02. The van der Waals surface area contributed by atoms with E-state index in [9.17, 15) is 9.18 Å². The molecule has 2 aromatic carbocycles. The number of anilines is 1. The van der Waals surface area contributed by atoms with E-state index in [0.717, 1.165) is 4.47 Å². The van der Waals surface area contributed by atoms with Crippen LogP contribution in [-0.2, 0) is 0 Å². The number of halogens is 2. The summed E-state index contributed by atoms with van der Waals surface area (Å²) in [5.74, 6) is -0.812. The van der Waals surface area contributed by atoms with Gasteiger partial charge in [-0.05, 0) is 35.5 Å². The van der Waals surface area contributed by atoms with Crippen LogP contribution in [0.25, 0.3) is 11.4 Å². The summed E-state index contributed by atoms with van der Waals surface area (Å²) in [6, 6.07) is 11.0. The summed E-state index contributed by atoms with van der Waals surface area (Å²) in [5.41, 5.74) is 0.979. The highest BCUT2D eigenvalue weighted by Gasteiger charge is 2.15. The van der Waals surface area contributed by atoms with E-state index >= 15 is 0 Å². The molecule has 1 amide bonds. The Morgan fingerprint density at radius 2 is 2.05 bits per heavy atom. The zero-order valence-corrected chi connectivity index (χ0v) is 12.6. The third kappa shape index (κ3) is 2.86. The van der Waals surface area contributed by atoms with Crippen molar-refractivity contribution in [2.75, 3.05) is 5.32 Å². The highest BCUT2D eigenvalue weighted by molar-refractivity contribution is 9.10. The molecule has 1 heterocycles. The fourth-order valence-electron chi connectivity index (χ4n) is 1.93. The van der Waals surface area contributed by atoms with E-state index in [-0.39, 0.29) is 5.56 Å². The molecule has 0 saturated carbocycles. The van der Waals surface area contributed by atoms with Crippen LogP contribution in [0.15, 0.2) is 46.9 Å². The molecule has 0 unspecified atom stereocenters. The summed E-state index contributed by atoms with van der Waals surface area (Å²) in [7, 11) is 0. The number of benzene rings is 2. The van der Waals surface area contributed by atoms with Gasteiger partial charge in [-0.15, -0.1) is 10.2 Å². The van der Waals surface area contributed by atoms with Crippen LogP contribution in [0.5, 0.6) is 0 Å². The SMILES string of the molecule is O=C(Nc1cc(Br)ccc1-c1nn[nH]n1)c1ccccc1F.